The van der Waals surface area contributed by atoms with Gasteiger partial charge in [0.2, 0.25) is 0 Å². The lowest BCUT2D eigenvalue weighted by Crippen LogP contribution is -2.49. The molecule has 244 valence electrons. The summed E-state index contributed by atoms with van der Waals surface area (Å²) in [5.74, 6) is -3.21. The topological polar surface area (TPSA) is 152 Å². The molecule has 4 rings (SSSR count). The molecule has 0 spiro atoms. The zero-order valence-electron chi connectivity index (χ0n) is 23.5. The molecule has 2 aromatic carbocycles. The summed E-state index contributed by atoms with van der Waals surface area (Å²) in [6.07, 6.45) is -3.75. The molecule has 11 nitrogen and oxygen atoms in total. The maximum atomic E-state index is 11.1. The van der Waals surface area contributed by atoms with E-state index in [1.165, 1.54) is 11.6 Å². The van der Waals surface area contributed by atoms with E-state index in [4.69, 9.17) is 52.8 Å². The Hall–Kier alpha value is -3.01. The van der Waals surface area contributed by atoms with Crippen LogP contribution >= 0.6 is 23.2 Å². The fourth-order valence-corrected chi connectivity index (χ4v) is 5.18. The number of ether oxygens (including phenoxy) is 2. The Morgan fingerprint density at radius 3 is 2.20 bits per heavy atom. The predicted octanol–water partition coefficient (Wildman–Crippen LogP) is 3.26. The minimum atomic E-state index is -5.08. The van der Waals surface area contributed by atoms with E-state index in [0.29, 0.717) is 30.3 Å². The van der Waals surface area contributed by atoms with Gasteiger partial charge in [-0.25, -0.2) is 9.59 Å². The highest BCUT2D eigenvalue weighted by molar-refractivity contribution is 6.32. The van der Waals surface area contributed by atoms with Gasteiger partial charge in [-0.05, 0) is 43.6 Å². The fourth-order valence-electron chi connectivity index (χ4n) is 4.85. The summed E-state index contributed by atoms with van der Waals surface area (Å²) in [5, 5.41) is 40.8. The molecule has 44 heavy (non-hydrogen) atoms. The van der Waals surface area contributed by atoms with Crippen molar-refractivity contribution in [3.8, 4) is 11.5 Å². The Labute approximate surface area is 261 Å². The van der Waals surface area contributed by atoms with Crippen LogP contribution in [0.25, 0.3) is 0 Å². The van der Waals surface area contributed by atoms with Crippen LogP contribution in [0.2, 0.25) is 10.0 Å². The Morgan fingerprint density at radius 2 is 1.64 bits per heavy atom. The van der Waals surface area contributed by atoms with Crippen molar-refractivity contribution >= 4 is 40.8 Å². The van der Waals surface area contributed by atoms with Crippen LogP contribution in [0, 0.1) is 0 Å². The number of alkyl halides is 3. The molecule has 0 aromatic heterocycles. The molecule has 0 radical (unpaired) electrons. The van der Waals surface area contributed by atoms with Crippen molar-refractivity contribution in [3.63, 3.8) is 0 Å². The molecular formula is C28H34Cl2F3N3O8. The molecule has 2 aliphatic rings. The number of hydrogen-bond acceptors (Lipinski definition) is 9. The van der Waals surface area contributed by atoms with Crippen LogP contribution in [-0.4, -0.2) is 108 Å². The van der Waals surface area contributed by atoms with Crippen LogP contribution in [-0.2, 0) is 16.1 Å². The van der Waals surface area contributed by atoms with Crippen LogP contribution in [0.1, 0.15) is 18.4 Å². The number of carboxylic acid groups (broad SMARTS) is 2. The normalized spacial score (nSPS) is 19.3. The first-order valence-corrected chi connectivity index (χ1v) is 14.4. The number of hydrogen-bond donors (Lipinski definition) is 5. The molecule has 0 bridgehead atoms. The van der Waals surface area contributed by atoms with Crippen molar-refractivity contribution in [2.24, 2.45) is 0 Å². The van der Waals surface area contributed by atoms with Gasteiger partial charge in [-0.3, -0.25) is 4.90 Å². The largest absolute Gasteiger partial charge is 0.490 e. The number of halogens is 5. The van der Waals surface area contributed by atoms with E-state index < -0.39 is 30.8 Å². The molecule has 2 heterocycles. The molecule has 0 saturated carbocycles. The van der Waals surface area contributed by atoms with Crippen LogP contribution in [0.4, 0.5) is 18.9 Å². The van der Waals surface area contributed by atoms with Crippen molar-refractivity contribution < 1.29 is 52.7 Å². The lowest BCUT2D eigenvalue weighted by molar-refractivity contribution is -0.192. The van der Waals surface area contributed by atoms with Gasteiger partial charge in [0.25, 0.3) is 0 Å². The number of likely N-dealkylation sites (tertiary alicyclic amines) is 1. The minimum Gasteiger partial charge on any atom is -0.490 e. The summed E-state index contributed by atoms with van der Waals surface area (Å²) in [7, 11) is 0. The third-order valence-electron chi connectivity index (χ3n) is 6.94. The van der Waals surface area contributed by atoms with Crippen molar-refractivity contribution in [1.29, 1.82) is 0 Å². The van der Waals surface area contributed by atoms with Crippen molar-refractivity contribution in [2.45, 2.75) is 43.8 Å². The maximum absolute atomic E-state index is 11.1. The number of carbonyl (C=O) groups is 2. The highest BCUT2D eigenvalue weighted by Gasteiger charge is 2.38. The third kappa shape index (κ3) is 10.9. The van der Waals surface area contributed by atoms with E-state index in [1.54, 1.807) is 6.07 Å². The van der Waals surface area contributed by atoms with Crippen molar-refractivity contribution in [3.05, 3.63) is 52.0 Å². The summed E-state index contributed by atoms with van der Waals surface area (Å²) >= 11 is 12.3. The molecule has 0 aliphatic carbocycles. The van der Waals surface area contributed by atoms with Gasteiger partial charge in [-0.15, -0.1) is 0 Å². The SMILES string of the molecule is O=C(O)C(F)(F)F.O=C(O)COc1cc(Cl)c(OCCO)cc1N1C[C@@H](O)[C@H](NC2CCN(Cc3ccc(Cl)cc3)CC2)C1. The molecule has 2 aromatic rings. The van der Waals surface area contributed by atoms with Gasteiger partial charge < -0.3 is 40.1 Å². The predicted molar refractivity (Wildman–Crippen MR) is 156 cm³/mol. The van der Waals surface area contributed by atoms with Crippen LogP contribution in [0.15, 0.2) is 36.4 Å². The van der Waals surface area contributed by atoms with E-state index in [2.05, 4.69) is 22.3 Å². The molecule has 16 heteroatoms. The van der Waals surface area contributed by atoms with Gasteiger partial charge in [0.1, 0.15) is 18.1 Å². The fraction of sp³-hybridized carbons (Fsp3) is 0.500. The highest BCUT2D eigenvalue weighted by atomic mass is 35.5. The number of benzene rings is 2. The Balaban J connectivity index is 0.000000676. The number of anilines is 1. The average molecular weight is 668 g/mol. The number of β-amino-alcohol motifs (C(OH)–C–C–N with tert-alkyl or cyclic N) is 1. The number of nitrogens with zero attached hydrogens (tertiary/aromatic N) is 2. The molecule has 0 amide bonds. The summed E-state index contributed by atoms with van der Waals surface area (Å²) in [5.41, 5.74) is 1.82. The standard InChI is InChI=1S/C26H33Cl2N3O6.C2HF3O2/c27-18-3-1-17(2-4-18)13-30-7-5-19(6-8-30)29-21-14-31(15-23(21)33)22-12-24(36-10-9-32)20(28)11-25(22)37-16-26(34)35;3-2(4,5)1(6)7/h1-4,11-12,19,21,23,29,32-33H,5-10,13-16H2,(H,34,35);(H,6,7)/t21-,23-;/m1./s1. The quantitative estimate of drug-likeness (QED) is 0.240. The molecule has 2 saturated heterocycles. The Morgan fingerprint density at radius 1 is 1.00 bits per heavy atom. The second-order valence-electron chi connectivity index (χ2n) is 10.2. The van der Waals surface area contributed by atoms with Crippen LogP contribution in [0.3, 0.4) is 0 Å². The smallest absolute Gasteiger partial charge is 0.490 e. The number of rotatable bonds is 11. The number of aliphatic hydroxyl groups excluding tert-OH is 2. The molecule has 5 N–H and O–H groups in total. The summed E-state index contributed by atoms with van der Waals surface area (Å²) in [4.78, 5) is 24.3. The van der Waals surface area contributed by atoms with Gasteiger partial charge in [0.15, 0.2) is 6.61 Å². The van der Waals surface area contributed by atoms with Gasteiger partial charge in [0.05, 0.1) is 29.5 Å². The molecular weight excluding hydrogens is 634 g/mol. The first kappa shape index (κ1) is 35.5. The molecule has 2 atom stereocenters. The summed E-state index contributed by atoms with van der Waals surface area (Å²) < 4.78 is 42.8. The van der Waals surface area contributed by atoms with Gasteiger partial charge in [0, 0.05) is 42.8 Å². The molecule has 2 aliphatic heterocycles. The second kappa shape index (κ2) is 16.3. The monoisotopic (exact) mass is 667 g/mol. The number of aliphatic carboxylic acids is 2. The Kier molecular flexibility index (Phi) is 13.2. The number of aliphatic hydroxyl groups is 2. The number of piperidine rings is 1. The van der Waals surface area contributed by atoms with Gasteiger partial charge >= 0.3 is 18.1 Å². The maximum Gasteiger partial charge on any atom is 0.490 e. The van der Waals surface area contributed by atoms with E-state index >= 15 is 0 Å². The lowest BCUT2D eigenvalue weighted by Gasteiger charge is -2.34. The summed E-state index contributed by atoms with van der Waals surface area (Å²) in [6.45, 7) is 3.04. The average Bonchev–Trinajstić information content (AvgIpc) is 3.32. The van der Waals surface area contributed by atoms with Gasteiger partial charge in [-0.1, -0.05) is 35.3 Å². The van der Waals surface area contributed by atoms with E-state index in [0.717, 1.165) is 37.5 Å². The number of carboxylic acids is 2. The molecule has 0 unspecified atom stereocenters. The zero-order chi connectivity index (χ0) is 32.4. The van der Waals surface area contributed by atoms with E-state index in [1.807, 2.05) is 17.0 Å². The Bertz CT molecular complexity index is 1250. The number of nitrogens with one attached hydrogen (secondary N) is 1. The lowest BCUT2D eigenvalue weighted by atomic mass is 10.0. The van der Waals surface area contributed by atoms with E-state index in [-0.39, 0.29) is 30.3 Å². The minimum absolute atomic E-state index is 0.0675. The first-order valence-electron chi connectivity index (χ1n) is 13.6. The molecule has 2 fully saturated rings. The third-order valence-corrected chi connectivity index (χ3v) is 7.49. The highest BCUT2D eigenvalue weighted by Crippen LogP contribution is 2.40. The van der Waals surface area contributed by atoms with Crippen molar-refractivity contribution in [1.82, 2.24) is 10.2 Å². The zero-order valence-corrected chi connectivity index (χ0v) is 25.0. The van der Waals surface area contributed by atoms with Crippen LogP contribution in [0.5, 0.6) is 11.5 Å². The van der Waals surface area contributed by atoms with Gasteiger partial charge in [-0.2, -0.15) is 13.2 Å². The van der Waals surface area contributed by atoms with Crippen LogP contribution < -0.4 is 19.7 Å². The van der Waals surface area contributed by atoms with E-state index in [9.17, 15) is 23.1 Å². The first-order chi connectivity index (χ1) is 20.8. The van der Waals surface area contributed by atoms with Crippen molar-refractivity contribution in [2.75, 3.05) is 50.9 Å². The summed E-state index contributed by atoms with van der Waals surface area (Å²) in [6, 6.07) is 11.3. The second-order valence-corrected chi connectivity index (χ2v) is 11.1.